The van der Waals surface area contributed by atoms with Crippen LogP contribution in [0.25, 0.3) is 149 Å². The van der Waals surface area contributed by atoms with Crippen molar-refractivity contribution in [2.75, 3.05) is 0 Å². The van der Waals surface area contributed by atoms with E-state index >= 15 is 0 Å². The molecule has 0 N–H and O–H groups in total. The van der Waals surface area contributed by atoms with Gasteiger partial charge in [-0.15, -0.1) is 0 Å². The first-order chi connectivity index (χ1) is 32.7. The minimum atomic E-state index is 0.504. The number of para-hydroxylation sites is 3. The van der Waals surface area contributed by atoms with Gasteiger partial charge in [0.15, 0.2) is 17.5 Å². The number of nitrogens with zero attached hydrogens (tertiary/aromatic N) is 4. The van der Waals surface area contributed by atoms with Crippen LogP contribution in [0.15, 0.2) is 207 Å². The first-order valence-corrected chi connectivity index (χ1v) is 22.1. The molecule has 0 amide bonds. The zero-order valence-corrected chi connectivity index (χ0v) is 35.0. The third-order valence-corrected chi connectivity index (χ3v) is 13.4. The molecule has 15 aromatic rings. The maximum absolute atomic E-state index is 7.07. The third kappa shape index (κ3) is 4.99. The molecule has 5 aromatic heterocycles. The van der Waals surface area contributed by atoms with Gasteiger partial charge in [-0.3, -0.25) is 0 Å². The molecule has 306 valence electrons. The molecular formula is C59H32N4O3. The van der Waals surface area contributed by atoms with E-state index < -0.39 is 0 Å². The second-order valence-electron chi connectivity index (χ2n) is 17.1. The molecule has 0 radical (unpaired) electrons. The molecule has 0 spiro atoms. The van der Waals surface area contributed by atoms with Gasteiger partial charge in [0.2, 0.25) is 0 Å². The predicted molar refractivity (Wildman–Crippen MR) is 267 cm³/mol. The Morgan fingerprint density at radius 2 is 0.879 bits per heavy atom. The minimum Gasteiger partial charge on any atom is -0.456 e. The summed E-state index contributed by atoms with van der Waals surface area (Å²) in [5, 5.41) is 12.8. The molecule has 0 atom stereocenters. The lowest BCUT2D eigenvalue weighted by atomic mass is 10.0. The molecule has 5 heterocycles. The van der Waals surface area contributed by atoms with Crippen molar-refractivity contribution in [1.82, 2.24) is 19.5 Å². The van der Waals surface area contributed by atoms with Gasteiger partial charge in [0.1, 0.15) is 33.5 Å². The van der Waals surface area contributed by atoms with E-state index in [1.54, 1.807) is 0 Å². The van der Waals surface area contributed by atoms with Gasteiger partial charge in [-0.2, -0.15) is 0 Å². The Bertz CT molecular complexity index is 4420. The van der Waals surface area contributed by atoms with Crippen LogP contribution in [-0.2, 0) is 0 Å². The summed E-state index contributed by atoms with van der Waals surface area (Å²) in [5.74, 6) is 1.55. The van der Waals surface area contributed by atoms with E-state index in [1.165, 1.54) is 16.2 Å². The van der Waals surface area contributed by atoms with Crippen LogP contribution < -0.4 is 0 Å². The summed E-state index contributed by atoms with van der Waals surface area (Å²) in [5.41, 5.74) is 10.3. The van der Waals surface area contributed by atoms with Gasteiger partial charge >= 0.3 is 0 Å². The smallest absolute Gasteiger partial charge is 0.164 e. The van der Waals surface area contributed by atoms with Crippen LogP contribution in [0.5, 0.6) is 0 Å². The molecule has 15 rings (SSSR count). The monoisotopic (exact) mass is 844 g/mol. The lowest BCUT2D eigenvalue weighted by Gasteiger charge is -2.14. The van der Waals surface area contributed by atoms with Crippen LogP contribution in [0.1, 0.15) is 0 Å². The Labute approximate surface area is 374 Å². The van der Waals surface area contributed by atoms with Crippen molar-refractivity contribution in [3.05, 3.63) is 194 Å². The molecular weight excluding hydrogens is 813 g/mol. The SMILES string of the molecule is c1ccc2cc3c(cc2c1)c1ccccc1n3-c1cc(-c2nc(-c3cccc4oc5ccccc5c34)nc(-c3cccc4oc5ccccc5c34)n2)cc2oc3c4ccccc4ccc3c12. The van der Waals surface area contributed by atoms with Crippen molar-refractivity contribution in [3.63, 3.8) is 0 Å². The molecule has 0 aliphatic rings. The molecule has 66 heavy (non-hydrogen) atoms. The maximum Gasteiger partial charge on any atom is 0.164 e. The topological polar surface area (TPSA) is 83.0 Å². The number of hydrogen-bond acceptors (Lipinski definition) is 6. The zero-order chi connectivity index (χ0) is 43.0. The summed E-state index contributed by atoms with van der Waals surface area (Å²) in [6, 6.07) is 67.4. The van der Waals surface area contributed by atoms with Crippen molar-refractivity contribution in [1.29, 1.82) is 0 Å². The van der Waals surface area contributed by atoms with Crippen molar-refractivity contribution >= 4 is 109 Å². The fourth-order valence-corrected chi connectivity index (χ4v) is 10.5. The van der Waals surface area contributed by atoms with Crippen LogP contribution in [0.3, 0.4) is 0 Å². The van der Waals surface area contributed by atoms with Crippen LogP contribution in [0, 0.1) is 0 Å². The molecule has 10 aromatic carbocycles. The van der Waals surface area contributed by atoms with E-state index in [0.717, 1.165) is 115 Å². The van der Waals surface area contributed by atoms with Gasteiger partial charge in [0.25, 0.3) is 0 Å². The summed E-state index contributed by atoms with van der Waals surface area (Å²) >= 11 is 0. The number of aromatic nitrogens is 4. The van der Waals surface area contributed by atoms with E-state index in [9.17, 15) is 0 Å². The van der Waals surface area contributed by atoms with Crippen molar-refractivity contribution < 1.29 is 13.3 Å². The van der Waals surface area contributed by atoms with Gasteiger partial charge in [0.05, 0.1) is 22.1 Å². The van der Waals surface area contributed by atoms with Gasteiger partial charge in [-0.25, -0.2) is 15.0 Å². The van der Waals surface area contributed by atoms with Crippen LogP contribution >= 0.6 is 0 Å². The Morgan fingerprint density at radius 1 is 0.318 bits per heavy atom. The second-order valence-corrected chi connectivity index (χ2v) is 17.1. The Hall–Kier alpha value is -9.07. The zero-order valence-electron chi connectivity index (χ0n) is 35.0. The fraction of sp³-hybridized carbons (Fsp3) is 0. The number of hydrogen-bond donors (Lipinski definition) is 0. The highest BCUT2D eigenvalue weighted by Crippen LogP contribution is 2.45. The maximum atomic E-state index is 7.07. The van der Waals surface area contributed by atoms with Crippen LogP contribution in [-0.4, -0.2) is 19.5 Å². The number of benzene rings is 10. The van der Waals surface area contributed by atoms with Gasteiger partial charge in [-0.1, -0.05) is 133 Å². The molecule has 0 fully saturated rings. The molecule has 0 saturated carbocycles. The van der Waals surface area contributed by atoms with Crippen molar-refractivity contribution in [2.45, 2.75) is 0 Å². The average Bonchev–Trinajstić information content (AvgIpc) is 4.14. The molecule has 0 saturated heterocycles. The number of rotatable bonds is 4. The summed E-state index contributed by atoms with van der Waals surface area (Å²) in [7, 11) is 0. The molecule has 0 aliphatic heterocycles. The quantitative estimate of drug-likeness (QED) is 0.175. The summed E-state index contributed by atoms with van der Waals surface area (Å²) in [6.45, 7) is 0. The number of furan rings is 3. The lowest BCUT2D eigenvalue weighted by molar-refractivity contribution is 0.668. The highest BCUT2D eigenvalue weighted by Gasteiger charge is 2.24. The van der Waals surface area contributed by atoms with Crippen LogP contribution in [0.4, 0.5) is 0 Å². The standard InChI is InChI=1S/C59H32N4O3/c1-2-15-35-30-46-44(29-34(35)14-1)38-17-5-8-22-45(38)63(46)47-31-36(32-52-55(47)41-28-27-33-13-3-4-16-37(33)56(41)66-52)57-60-58(42-20-11-25-50-53(42)39-18-6-9-23-48(39)64-50)62-59(61-57)43-21-12-26-51-54(43)40-19-7-10-24-49(40)65-51/h1-32H. The van der Waals surface area contributed by atoms with Crippen molar-refractivity contribution in [3.8, 4) is 39.9 Å². The van der Waals surface area contributed by atoms with Crippen LogP contribution in [0.2, 0.25) is 0 Å². The molecule has 0 bridgehead atoms. The first kappa shape index (κ1) is 35.4. The number of fused-ring (bicyclic) bond motifs is 15. The Morgan fingerprint density at radius 3 is 1.58 bits per heavy atom. The van der Waals surface area contributed by atoms with E-state index in [4.69, 9.17) is 28.2 Å². The van der Waals surface area contributed by atoms with E-state index in [-0.39, 0.29) is 0 Å². The van der Waals surface area contributed by atoms with E-state index in [1.807, 2.05) is 60.7 Å². The molecule has 0 unspecified atom stereocenters. The summed E-state index contributed by atoms with van der Waals surface area (Å²) in [6.07, 6.45) is 0. The van der Waals surface area contributed by atoms with Gasteiger partial charge in [0, 0.05) is 59.8 Å². The minimum absolute atomic E-state index is 0.504. The van der Waals surface area contributed by atoms with E-state index in [0.29, 0.717) is 17.5 Å². The molecule has 7 nitrogen and oxygen atoms in total. The van der Waals surface area contributed by atoms with Gasteiger partial charge in [-0.05, 0) is 76.8 Å². The van der Waals surface area contributed by atoms with Crippen molar-refractivity contribution in [2.24, 2.45) is 0 Å². The summed E-state index contributed by atoms with van der Waals surface area (Å²) < 4.78 is 22.3. The molecule has 7 heteroatoms. The predicted octanol–water partition coefficient (Wildman–Crippen LogP) is 16.0. The fourth-order valence-electron chi connectivity index (χ4n) is 10.5. The highest BCUT2D eigenvalue weighted by atomic mass is 16.3. The average molecular weight is 845 g/mol. The second kappa shape index (κ2) is 13.2. The summed E-state index contributed by atoms with van der Waals surface area (Å²) in [4.78, 5) is 16.2. The van der Waals surface area contributed by atoms with Gasteiger partial charge < -0.3 is 17.8 Å². The first-order valence-electron chi connectivity index (χ1n) is 22.1. The normalized spacial score (nSPS) is 12.2. The molecule has 0 aliphatic carbocycles. The third-order valence-electron chi connectivity index (χ3n) is 13.4. The Balaban J connectivity index is 1.08. The lowest BCUT2D eigenvalue weighted by Crippen LogP contribution is -2.02. The highest BCUT2D eigenvalue weighted by molar-refractivity contribution is 6.21. The largest absolute Gasteiger partial charge is 0.456 e. The Kier molecular flexibility index (Phi) is 7.10. The van der Waals surface area contributed by atoms with E-state index in [2.05, 4.69) is 138 Å².